The zero-order valence-electron chi connectivity index (χ0n) is 14.3. The van der Waals surface area contributed by atoms with Gasteiger partial charge in [-0.25, -0.2) is 4.98 Å². The molecule has 0 atom stereocenters. The first-order valence-corrected chi connectivity index (χ1v) is 9.77. The molecule has 1 saturated heterocycles. The highest BCUT2D eigenvalue weighted by atomic mass is 32.2. The summed E-state index contributed by atoms with van der Waals surface area (Å²) in [6.45, 7) is 1.92. The summed E-state index contributed by atoms with van der Waals surface area (Å²) in [5.74, 6) is 0.985. The van der Waals surface area contributed by atoms with Crippen molar-refractivity contribution >= 4 is 40.8 Å². The van der Waals surface area contributed by atoms with Crippen LogP contribution in [0.5, 0.6) is 0 Å². The Kier molecular flexibility index (Phi) is 4.79. The Hall–Kier alpha value is -2.54. The first-order chi connectivity index (χ1) is 12.7. The van der Waals surface area contributed by atoms with Gasteiger partial charge in [-0.2, -0.15) is 0 Å². The lowest BCUT2D eigenvalue weighted by molar-refractivity contribution is -0.113. The molecular weight excluding hydrogens is 348 g/mol. The number of thioether (sulfide) groups is 1. The van der Waals surface area contributed by atoms with Crippen LogP contribution in [0.15, 0.2) is 41.4 Å². The molecule has 0 bridgehead atoms. The van der Waals surface area contributed by atoms with Gasteiger partial charge in [0, 0.05) is 29.7 Å². The number of piperidine rings is 1. The summed E-state index contributed by atoms with van der Waals surface area (Å²) in [7, 11) is 0. The van der Waals surface area contributed by atoms with E-state index in [0.717, 1.165) is 42.3 Å². The maximum absolute atomic E-state index is 12.7. The standard InChI is InChI=1S/C19H20N4O2S/c24-17-12-26-16-7-6-13(11-15(16)21-17)19(25)22-14-5-4-8-20-18(14)23-9-2-1-3-10-23/h4-8,11H,1-3,9-10,12H2,(H,21,24)(H,22,25). The quantitative estimate of drug-likeness (QED) is 0.869. The molecule has 26 heavy (non-hydrogen) atoms. The maximum Gasteiger partial charge on any atom is 0.255 e. The van der Waals surface area contributed by atoms with E-state index in [0.29, 0.717) is 17.0 Å². The molecule has 0 unspecified atom stereocenters. The highest BCUT2D eigenvalue weighted by molar-refractivity contribution is 8.00. The fourth-order valence-electron chi connectivity index (χ4n) is 3.27. The molecule has 0 radical (unpaired) electrons. The lowest BCUT2D eigenvalue weighted by Gasteiger charge is -2.29. The molecule has 1 aromatic heterocycles. The molecule has 4 rings (SSSR count). The number of pyridine rings is 1. The summed E-state index contributed by atoms with van der Waals surface area (Å²) in [5, 5.41) is 5.80. The van der Waals surface area contributed by atoms with E-state index in [1.54, 1.807) is 18.3 Å². The largest absolute Gasteiger partial charge is 0.355 e. The summed E-state index contributed by atoms with van der Waals surface area (Å²) in [5.41, 5.74) is 1.93. The molecule has 1 aromatic carbocycles. The SMILES string of the molecule is O=C1CSc2ccc(C(=O)Nc3cccnc3N3CCCCC3)cc2N1. The third-order valence-electron chi connectivity index (χ3n) is 4.57. The summed E-state index contributed by atoms with van der Waals surface area (Å²) in [6.07, 6.45) is 5.29. The smallest absolute Gasteiger partial charge is 0.255 e. The van der Waals surface area contributed by atoms with E-state index in [4.69, 9.17) is 0 Å². The van der Waals surface area contributed by atoms with Crippen LogP contribution in [0.2, 0.25) is 0 Å². The van der Waals surface area contributed by atoms with Gasteiger partial charge in [0.05, 0.1) is 17.1 Å². The highest BCUT2D eigenvalue weighted by Gasteiger charge is 2.20. The van der Waals surface area contributed by atoms with Crippen molar-refractivity contribution in [2.24, 2.45) is 0 Å². The van der Waals surface area contributed by atoms with Crippen molar-refractivity contribution in [1.82, 2.24) is 4.98 Å². The topological polar surface area (TPSA) is 74.3 Å². The van der Waals surface area contributed by atoms with Crippen molar-refractivity contribution in [3.8, 4) is 0 Å². The molecule has 3 heterocycles. The fraction of sp³-hybridized carbons (Fsp3) is 0.316. The second kappa shape index (κ2) is 7.37. The van der Waals surface area contributed by atoms with Crippen LogP contribution in [0.1, 0.15) is 29.6 Å². The van der Waals surface area contributed by atoms with Gasteiger partial charge in [-0.1, -0.05) is 0 Å². The number of rotatable bonds is 3. The summed E-state index contributed by atoms with van der Waals surface area (Å²) in [4.78, 5) is 32.0. The fourth-order valence-corrected chi connectivity index (χ4v) is 4.06. The molecule has 6 nitrogen and oxygen atoms in total. The number of amides is 2. The van der Waals surface area contributed by atoms with E-state index in [1.165, 1.54) is 18.2 Å². The Morgan fingerprint density at radius 3 is 2.88 bits per heavy atom. The van der Waals surface area contributed by atoms with Gasteiger partial charge in [0.25, 0.3) is 5.91 Å². The maximum atomic E-state index is 12.7. The lowest BCUT2D eigenvalue weighted by atomic mass is 10.1. The molecule has 0 spiro atoms. The number of carbonyl (C=O) groups excluding carboxylic acids is 2. The van der Waals surface area contributed by atoms with Crippen LogP contribution in [0.4, 0.5) is 17.2 Å². The van der Waals surface area contributed by atoms with Gasteiger partial charge in [0.2, 0.25) is 5.91 Å². The van der Waals surface area contributed by atoms with Crippen LogP contribution in [-0.2, 0) is 4.79 Å². The summed E-state index contributed by atoms with van der Waals surface area (Å²) >= 11 is 1.48. The van der Waals surface area contributed by atoms with E-state index in [-0.39, 0.29) is 11.8 Å². The third kappa shape index (κ3) is 3.53. The number of hydrogen-bond acceptors (Lipinski definition) is 5. The van der Waals surface area contributed by atoms with Crippen molar-refractivity contribution in [1.29, 1.82) is 0 Å². The number of hydrogen-bond donors (Lipinski definition) is 2. The van der Waals surface area contributed by atoms with Gasteiger partial charge in [-0.05, 0) is 49.6 Å². The minimum atomic E-state index is -0.205. The van der Waals surface area contributed by atoms with E-state index < -0.39 is 0 Å². The number of fused-ring (bicyclic) bond motifs is 1. The monoisotopic (exact) mass is 368 g/mol. The van der Waals surface area contributed by atoms with E-state index in [2.05, 4.69) is 20.5 Å². The van der Waals surface area contributed by atoms with Crippen LogP contribution < -0.4 is 15.5 Å². The van der Waals surface area contributed by atoms with Crippen LogP contribution in [0.3, 0.4) is 0 Å². The average Bonchev–Trinajstić information content (AvgIpc) is 2.68. The van der Waals surface area contributed by atoms with E-state index in [9.17, 15) is 9.59 Å². The molecule has 1 fully saturated rings. The molecule has 0 aliphatic carbocycles. The van der Waals surface area contributed by atoms with Crippen LogP contribution in [0, 0.1) is 0 Å². The van der Waals surface area contributed by atoms with Crippen molar-refractivity contribution < 1.29 is 9.59 Å². The Labute approximate surface area is 156 Å². The molecule has 2 N–H and O–H groups in total. The lowest BCUT2D eigenvalue weighted by Crippen LogP contribution is -2.31. The normalized spacial score (nSPS) is 16.6. The molecule has 2 aliphatic heterocycles. The second-order valence-corrected chi connectivity index (χ2v) is 7.44. The van der Waals surface area contributed by atoms with Crippen LogP contribution >= 0.6 is 11.8 Å². The Morgan fingerprint density at radius 2 is 2.04 bits per heavy atom. The predicted molar refractivity (Wildman–Crippen MR) is 104 cm³/mol. The Bertz CT molecular complexity index is 849. The van der Waals surface area contributed by atoms with Crippen LogP contribution in [-0.4, -0.2) is 35.6 Å². The van der Waals surface area contributed by atoms with Crippen LogP contribution in [0.25, 0.3) is 0 Å². The van der Waals surface area contributed by atoms with Gasteiger partial charge in [0.1, 0.15) is 0 Å². The zero-order chi connectivity index (χ0) is 17.9. The Balaban J connectivity index is 1.55. The molecule has 0 saturated carbocycles. The van der Waals surface area contributed by atoms with Gasteiger partial charge in [-0.3, -0.25) is 9.59 Å². The molecule has 134 valence electrons. The van der Waals surface area contributed by atoms with E-state index in [1.807, 2.05) is 18.2 Å². The van der Waals surface area contributed by atoms with Gasteiger partial charge in [-0.15, -0.1) is 11.8 Å². The molecule has 2 aliphatic rings. The predicted octanol–water partition coefficient (Wildman–Crippen LogP) is 3.37. The summed E-state index contributed by atoms with van der Waals surface area (Å²) < 4.78 is 0. The summed E-state index contributed by atoms with van der Waals surface area (Å²) in [6, 6.07) is 9.10. The number of nitrogens with one attached hydrogen (secondary N) is 2. The van der Waals surface area contributed by atoms with Gasteiger partial charge < -0.3 is 15.5 Å². The van der Waals surface area contributed by atoms with Crippen molar-refractivity contribution in [2.75, 3.05) is 34.4 Å². The van der Waals surface area contributed by atoms with Crippen molar-refractivity contribution in [3.05, 3.63) is 42.1 Å². The highest BCUT2D eigenvalue weighted by Crippen LogP contribution is 2.32. The first-order valence-electron chi connectivity index (χ1n) is 8.79. The minimum absolute atomic E-state index is 0.0419. The van der Waals surface area contributed by atoms with Gasteiger partial charge in [0.15, 0.2) is 5.82 Å². The molecule has 7 heteroatoms. The van der Waals surface area contributed by atoms with E-state index >= 15 is 0 Å². The molecule has 2 aromatic rings. The van der Waals surface area contributed by atoms with Crippen molar-refractivity contribution in [3.63, 3.8) is 0 Å². The third-order valence-corrected chi connectivity index (χ3v) is 5.64. The number of aromatic nitrogens is 1. The first kappa shape index (κ1) is 16.9. The number of nitrogens with zero attached hydrogens (tertiary/aromatic N) is 2. The second-order valence-electron chi connectivity index (χ2n) is 6.42. The zero-order valence-corrected chi connectivity index (χ0v) is 15.1. The minimum Gasteiger partial charge on any atom is -0.355 e. The average molecular weight is 368 g/mol. The molecular formula is C19H20N4O2S. The number of benzene rings is 1. The Morgan fingerprint density at radius 1 is 1.19 bits per heavy atom. The van der Waals surface area contributed by atoms with Gasteiger partial charge >= 0.3 is 0 Å². The number of carbonyl (C=O) groups is 2. The molecule has 2 amide bonds. The van der Waals surface area contributed by atoms with Crippen molar-refractivity contribution in [2.45, 2.75) is 24.2 Å². The number of anilines is 3.